The molecule has 1 unspecified atom stereocenters. The maximum absolute atomic E-state index is 11.8. The smallest absolute Gasteiger partial charge is 0.408 e. The number of nitrogens with one attached hydrogen (secondary N) is 1. The van der Waals surface area contributed by atoms with Crippen molar-refractivity contribution in [1.29, 1.82) is 0 Å². The molecule has 0 bridgehead atoms. The molecule has 1 aromatic rings. The Bertz CT molecular complexity index is 625. The number of hydrogen-bond acceptors (Lipinski definition) is 5. The van der Waals surface area contributed by atoms with Gasteiger partial charge in [0.25, 0.3) is 0 Å². The van der Waals surface area contributed by atoms with Gasteiger partial charge in [0.15, 0.2) is 11.5 Å². The molecule has 2 rings (SSSR count). The van der Waals surface area contributed by atoms with Gasteiger partial charge in [0.05, 0.1) is 0 Å². The summed E-state index contributed by atoms with van der Waals surface area (Å²) in [5, 5.41) is 11.7. The summed E-state index contributed by atoms with van der Waals surface area (Å²) < 4.78 is 16.4. The van der Waals surface area contributed by atoms with Crippen molar-refractivity contribution in [2.45, 2.75) is 38.8 Å². The van der Waals surface area contributed by atoms with Crippen LogP contribution >= 0.6 is 15.9 Å². The molecular weight excluding hydrogens is 370 g/mol. The van der Waals surface area contributed by atoms with E-state index in [0.29, 0.717) is 21.5 Å². The Labute approximate surface area is 142 Å². The minimum Gasteiger partial charge on any atom is -0.480 e. The zero-order valence-corrected chi connectivity index (χ0v) is 14.6. The van der Waals surface area contributed by atoms with Crippen LogP contribution in [-0.4, -0.2) is 35.6 Å². The number of aliphatic carboxylic acids is 1. The van der Waals surface area contributed by atoms with E-state index in [1.807, 2.05) is 0 Å². The van der Waals surface area contributed by atoms with Crippen molar-refractivity contribution in [3.05, 3.63) is 22.2 Å². The van der Waals surface area contributed by atoms with E-state index in [4.69, 9.17) is 14.2 Å². The first-order valence-corrected chi connectivity index (χ1v) is 7.76. The third kappa shape index (κ3) is 4.51. The second-order valence-corrected chi connectivity index (χ2v) is 6.86. The van der Waals surface area contributed by atoms with E-state index in [9.17, 15) is 14.7 Å². The van der Waals surface area contributed by atoms with Crippen LogP contribution in [0.25, 0.3) is 0 Å². The monoisotopic (exact) mass is 387 g/mol. The summed E-state index contributed by atoms with van der Waals surface area (Å²) in [7, 11) is 0. The Morgan fingerprint density at radius 2 is 2.09 bits per heavy atom. The van der Waals surface area contributed by atoms with Gasteiger partial charge >= 0.3 is 12.1 Å². The second kappa shape index (κ2) is 6.66. The second-order valence-electron chi connectivity index (χ2n) is 6.00. The number of halogens is 1. The van der Waals surface area contributed by atoms with E-state index in [1.54, 1.807) is 32.9 Å². The van der Waals surface area contributed by atoms with Crippen molar-refractivity contribution >= 4 is 28.0 Å². The third-order valence-corrected chi connectivity index (χ3v) is 3.73. The quantitative estimate of drug-likeness (QED) is 0.824. The van der Waals surface area contributed by atoms with Crippen molar-refractivity contribution in [1.82, 2.24) is 5.32 Å². The summed E-state index contributed by atoms with van der Waals surface area (Å²) in [6.45, 7) is 5.19. The Balaban J connectivity index is 2.17. The highest BCUT2D eigenvalue weighted by Gasteiger charge is 2.28. The SMILES string of the molecule is CC(C)(C)OC(=O)NC(Cc1c(Br)ccc2c1OCO2)C(=O)O. The predicted octanol–water partition coefficient (Wildman–Crippen LogP) is 2.70. The van der Waals surface area contributed by atoms with E-state index in [0.717, 1.165) is 0 Å². The van der Waals surface area contributed by atoms with Gasteiger partial charge in [-0.15, -0.1) is 0 Å². The standard InChI is InChI=1S/C15H18BrNO6/c1-15(2,3)23-14(20)17-10(13(18)19)6-8-9(16)4-5-11-12(8)22-7-21-11/h4-5,10H,6-7H2,1-3H3,(H,17,20)(H,18,19). The molecule has 1 atom stereocenters. The van der Waals surface area contributed by atoms with Gasteiger partial charge in [-0.1, -0.05) is 15.9 Å². The summed E-state index contributed by atoms with van der Waals surface area (Å²) in [5.74, 6) is -0.138. The summed E-state index contributed by atoms with van der Waals surface area (Å²) in [5.41, 5.74) is -0.0953. The molecule has 1 aliphatic rings. The van der Waals surface area contributed by atoms with Crippen molar-refractivity contribution in [2.75, 3.05) is 6.79 Å². The first-order chi connectivity index (χ1) is 10.7. The molecule has 7 nitrogen and oxygen atoms in total. The van der Waals surface area contributed by atoms with Gasteiger partial charge in [-0.3, -0.25) is 0 Å². The minimum atomic E-state index is -1.17. The van der Waals surface area contributed by atoms with Crippen LogP contribution in [0.5, 0.6) is 11.5 Å². The molecule has 0 aliphatic carbocycles. The molecule has 0 saturated carbocycles. The van der Waals surface area contributed by atoms with Crippen LogP contribution in [0.3, 0.4) is 0 Å². The number of carboxylic acids is 1. The van der Waals surface area contributed by atoms with E-state index < -0.39 is 23.7 Å². The Morgan fingerprint density at radius 3 is 2.70 bits per heavy atom. The Kier molecular flexibility index (Phi) is 5.03. The van der Waals surface area contributed by atoms with Crippen LogP contribution < -0.4 is 14.8 Å². The van der Waals surface area contributed by atoms with Gasteiger partial charge in [-0.25, -0.2) is 9.59 Å². The molecule has 8 heteroatoms. The minimum absolute atomic E-state index is 0.0295. The molecule has 0 saturated heterocycles. The lowest BCUT2D eigenvalue weighted by Gasteiger charge is -2.22. The average molecular weight is 388 g/mol. The van der Waals surface area contributed by atoms with E-state index in [-0.39, 0.29) is 13.2 Å². The molecule has 2 N–H and O–H groups in total. The molecular formula is C15H18BrNO6. The number of ether oxygens (including phenoxy) is 3. The van der Waals surface area contributed by atoms with Crippen molar-refractivity contribution in [2.24, 2.45) is 0 Å². The Hall–Kier alpha value is -1.96. The number of carbonyl (C=O) groups excluding carboxylic acids is 1. The first-order valence-electron chi connectivity index (χ1n) is 6.96. The number of benzene rings is 1. The molecule has 1 aromatic carbocycles. The van der Waals surface area contributed by atoms with Crippen molar-refractivity contribution in [3.63, 3.8) is 0 Å². The number of carboxylic acid groups (broad SMARTS) is 1. The number of alkyl carbamates (subject to hydrolysis) is 1. The number of hydrogen-bond donors (Lipinski definition) is 2. The van der Waals surface area contributed by atoms with Gasteiger partial charge in [0.2, 0.25) is 6.79 Å². The number of fused-ring (bicyclic) bond motifs is 1. The molecule has 0 fully saturated rings. The highest BCUT2D eigenvalue weighted by atomic mass is 79.9. The molecule has 0 aromatic heterocycles. The van der Waals surface area contributed by atoms with E-state index in [2.05, 4.69) is 21.2 Å². The fourth-order valence-corrected chi connectivity index (χ4v) is 2.52. The predicted molar refractivity (Wildman–Crippen MR) is 84.8 cm³/mol. The van der Waals surface area contributed by atoms with Crippen molar-refractivity contribution < 1.29 is 28.9 Å². The maximum Gasteiger partial charge on any atom is 0.408 e. The van der Waals surface area contributed by atoms with Crippen LogP contribution in [0.4, 0.5) is 4.79 Å². The molecule has 1 aliphatic heterocycles. The molecule has 1 amide bonds. The summed E-state index contributed by atoms with van der Waals surface area (Å²) in [6.07, 6.45) is -0.757. The van der Waals surface area contributed by atoms with Crippen LogP contribution in [0.2, 0.25) is 0 Å². The van der Waals surface area contributed by atoms with Gasteiger partial charge in [-0.05, 0) is 32.9 Å². The lowest BCUT2D eigenvalue weighted by Crippen LogP contribution is -2.44. The number of carbonyl (C=O) groups is 2. The topological polar surface area (TPSA) is 94.1 Å². The van der Waals surface area contributed by atoms with Crippen LogP contribution in [0, 0.1) is 0 Å². The zero-order chi connectivity index (χ0) is 17.2. The maximum atomic E-state index is 11.8. The van der Waals surface area contributed by atoms with Gasteiger partial charge < -0.3 is 24.6 Å². The zero-order valence-electron chi connectivity index (χ0n) is 13.0. The highest BCUT2D eigenvalue weighted by molar-refractivity contribution is 9.10. The summed E-state index contributed by atoms with van der Waals surface area (Å²) >= 11 is 3.37. The van der Waals surface area contributed by atoms with Crippen LogP contribution in [0.15, 0.2) is 16.6 Å². The first kappa shape index (κ1) is 17.4. The lowest BCUT2D eigenvalue weighted by molar-refractivity contribution is -0.139. The average Bonchev–Trinajstić information content (AvgIpc) is 2.87. The van der Waals surface area contributed by atoms with Gasteiger partial charge in [0, 0.05) is 16.5 Å². The van der Waals surface area contributed by atoms with Crippen LogP contribution in [0.1, 0.15) is 26.3 Å². The molecule has 0 spiro atoms. The molecule has 0 radical (unpaired) electrons. The van der Waals surface area contributed by atoms with Gasteiger partial charge in [-0.2, -0.15) is 0 Å². The molecule has 1 heterocycles. The molecule has 126 valence electrons. The summed E-state index contributed by atoms with van der Waals surface area (Å²) in [6, 6.07) is 2.32. The lowest BCUT2D eigenvalue weighted by atomic mass is 10.0. The highest BCUT2D eigenvalue weighted by Crippen LogP contribution is 2.40. The number of amides is 1. The fraction of sp³-hybridized carbons (Fsp3) is 0.467. The number of rotatable bonds is 4. The van der Waals surface area contributed by atoms with Crippen molar-refractivity contribution in [3.8, 4) is 11.5 Å². The van der Waals surface area contributed by atoms with Gasteiger partial charge in [0.1, 0.15) is 11.6 Å². The molecule has 23 heavy (non-hydrogen) atoms. The fourth-order valence-electron chi connectivity index (χ4n) is 2.05. The normalized spacial score (nSPS) is 14.3. The van der Waals surface area contributed by atoms with Crippen LogP contribution in [-0.2, 0) is 16.0 Å². The Morgan fingerprint density at radius 1 is 1.39 bits per heavy atom. The van der Waals surface area contributed by atoms with E-state index in [1.165, 1.54) is 0 Å². The summed E-state index contributed by atoms with van der Waals surface area (Å²) in [4.78, 5) is 23.3. The largest absolute Gasteiger partial charge is 0.480 e. The van der Waals surface area contributed by atoms with E-state index >= 15 is 0 Å². The third-order valence-electron chi connectivity index (χ3n) is 2.98.